The summed E-state index contributed by atoms with van der Waals surface area (Å²) in [6.45, 7) is 0. The fourth-order valence-electron chi connectivity index (χ4n) is 2.70. The van der Waals surface area contributed by atoms with Crippen LogP contribution in [0.5, 0.6) is 0 Å². The number of alkyl halides is 3. The third-order valence-electron chi connectivity index (χ3n) is 3.77. The summed E-state index contributed by atoms with van der Waals surface area (Å²) in [6, 6.07) is 4.48. The first-order valence-corrected chi connectivity index (χ1v) is 7.09. The van der Waals surface area contributed by atoms with E-state index in [1.165, 1.54) is 12.1 Å². The smallest absolute Gasteiger partial charge is 0.392 e. The van der Waals surface area contributed by atoms with Crippen molar-refractivity contribution in [1.82, 2.24) is 0 Å². The number of nitrogens with one attached hydrogen (secondary N) is 1. The van der Waals surface area contributed by atoms with Gasteiger partial charge in [-0.05, 0) is 31.0 Å². The molecule has 0 aliphatic heterocycles. The molecule has 1 aliphatic rings. The van der Waals surface area contributed by atoms with E-state index in [4.69, 9.17) is 17.3 Å². The number of anilines is 2. The van der Waals surface area contributed by atoms with E-state index in [1.807, 2.05) is 0 Å². The Morgan fingerprint density at radius 1 is 1.29 bits per heavy atom. The van der Waals surface area contributed by atoms with Crippen LogP contribution in [0.2, 0.25) is 5.02 Å². The van der Waals surface area contributed by atoms with Crippen LogP contribution in [0, 0.1) is 11.8 Å². The van der Waals surface area contributed by atoms with Crippen molar-refractivity contribution in [3.05, 3.63) is 23.2 Å². The maximum atomic E-state index is 13.0. The molecule has 7 heteroatoms. The largest absolute Gasteiger partial charge is 0.399 e. The van der Waals surface area contributed by atoms with Crippen molar-refractivity contribution >= 4 is 28.9 Å². The van der Waals surface area contributed by atoms with E-state index in [1.54, 1.807) is 6.07 Å². The summed E-state index contributed by atoms with van der Waals surface area (Å²) in [7, 11) is 0. The van der Waals surface area contributed by atoms with Crippen LogP contribution in [0.1, 0.15) is 25.7 Å². The number of benzene rings is 1. The van der Waals surface area contributed by atoms with E-state index in [-0.39, 0.29) is 23.6 Å². The molecule has 1 aliphatic carbocycles. The molecule has 116 valence electrons. The summed E-state index contributed by atoms with van der Waals surface area (Å²) in [4.78, 5) is 12.2. The summed E-state index contributed by atoms with van der Waals surface area (Å²) in [5.74, 6) is -3.31. The molecule has 1 aromatic carbocycles. The predicted octanol–water partition coefficient (Wildman–Crippen LogP) is 4.23. The van der Waals surface area contributed by atoms with Crippen molar-refractivity contribution in [3.63, 3.8) is 0 Å². The molecule has 2 rings (SSSR count). The number of nitrogens with two attached hydrogens (primary N) is 1. The number of hydrogen-bond donors (Lipinski definition) is 2. The van der Waals surface area contributed by atoms with Gasteiger partial charge in [-0.2, -0.15) is 13.2 Å². The van der Waals surface area contributed by atoms with E-state index < -0.39 is 23.9 Å². The van der Waals surface area contributed by atoms with Crippen LogP contribution in [-0.4, -0.2) is 12.1 Å². The second-order valence-electron chi connectivity index (χ2n) is 5.27. The molecule has 2 unspecified atom stereocenters. The molecule has 3 N–H and O–H groups in total. The molecule has 0 saturated heterocycles. The number of nitrogen functional groups attached to an aromatic ring is 1. The standard InChI is InChI=1S/C14H16ClF3N2O/c15-11-6-5-8(19)7-12(11)20-13(21)9-3-1-2-4-10(9)14(16,17)18/h5-7,9-10H,1-4,19H2,(H,20,21). The van der Waals surface area contributed by atoms with Gasteiger partial charge in [0, 0.05) is 11.6 Å². The third-order valence-corrected chi connectivity index (χ3v) is 4.10. The number of rotatable bonds is 2. The van der Waals surface area contributed by atoms with Crippen molar-refractivity contribution in [2.24, 2.45) is 11.8 Å². The van der Waals surface area contributed by atoms with E-state index in [0.29, 0.717) is 18.5 Å². The molecule has 0 heterocycles. The van der Waals surface area contributed by atoms with Gasteiger partial charge in [0.05, 0.1) is 16.6 Å². The van der Waals surface area contributed by atoms with Gasteiger partial charge in [0.15, 0.2) is 0 Å². The fourth-order valence-corrected chi connectivity index (χ4v) is 2.87. The van der Waals surface area contributed by atoms with Crippen LogP contribution >= 0.6 is 11.6 Å². The highest BCUT2D eigenvalue weighted by Gasteiger charge is 2.48. The normalized spacial score (nSPS) is 22.9. The van der Waals surface area contributed by atoms with Gasteiger partial charge in [-0.15, -0.1) is 0 Å². The summed E-state index contributed by atoms with van der Waals surface area (Å²) >= 11 is 5.91. The molecule has 2 atom stereocenters. The van der Waals surface area contributed by atoms with E-state index in [2.05, 4.69) is 5.32 Å². The Bertz CT molecular complexity index is 533. The summed E-state index contributed by atoms with van der Waals surface area (Å²) in [5, 5.41) is 2.72. The number of amides is 1. The molecule has 1 aromatic rings. The van der Waals surface area contributed by atoms with E-state index in [9.17, 15) is 18.0 Å². The summed E-state index contributed by atoms with van der Waals surface area (Å²) in [6.07, 6.45) is -3.02. The Kier molecular flexibility index (Phi) is 4.66. The van der Waals surface area contributed by atoms with Gasteiger partial charge in [0.1, 0.15) is 0 Å². The van der Waals surface area contributed by atoms with Crippen molar-refractivity contribution in [2.45, 2.75) is 31.9 Å². The minimum atomic E-state index is -4.36. The topological polar surface area (TPSA) is 55.1 Å². The molecule has 3 nitrogen and oxygen atoms in total. The molecule has 1 saturated carbocycles. The van der Waals surface area contributed by atoms with Crippen LogP contribution in [-0.2, 0) is 4.79 Å². The highest BCUT2D eigenvalue weighted by Crippen LogP contribution is 2.42. The Balaban J connectivity index is 2.16. The highest BCUT2D eigenvalue weighted by atomic mass is 35.5. The van der Waals surface area contributed by atoms with Gasteiger partial charge in [0.2, 0.25) is 5.91 Å². The van der Waals surface area contributed by atoms with Crippen LogP contribution in [0.25, 0.3) is 0 Å². The summed E-state index contributed by atoms with van der Waals surface area (Å²) in [5.41, 5.74) is 6.21. The van der Waals surface area contributed by atoms with Gasteiger partial charge in [-0.3, -0.25) is 4.79 Å². The Hall–Kier alpha value is -1.43. The predicted molar refractivity (Wildman–Crippen MR) is 76.0 cm³/mol. The minimum absolute atomic E-state index is 0.00769. The van der Waals surface area contributed by atoms with Gasteiger partial charge < -0.3 is 11.1 Å². The molecule has 0 bridgehead atoms. The molecule has 0 aromatic heterocycles. The van der Waals surface area contributed by atoms with Gasteiger partial charge in [-0.1, -0.05) is 24.4 Å². The molecule has 0 radical (unpaired) electrons. The zero-order chi connectivity index (χ0) is 15.6. The quantitative estimate of drug-likeness (QED) is 0.801. The average molecular weight is 321 g/mol. The number of hydrogen-bond acceptors (Lipinski definition) is 2. The van der Waals surface area contributed by atoms with Crippen LogP contribution in [0.3, 0.4) is 0 Å². The highest BCUT2D eigenvalue weighted by molar-refractivity contribution is 6.33. The first kappa shape index (κ1) is 15.9. The minimum Gasteiger partial charge on any atom is -0.399 e. The lowest BCUT2D eigenvalue weighted by molar-refractivity contribution is -0.197. The van der Waals surface area contributed by atoms with Crippen molar-refractivity contribution in [3.8, 4) is 0 Å². The Labute approximate surface area is 125 Å². The maximum Gasteiger partial charge on any atom is 0.392 e. The molecule has 21 heavy (non-hydrogen) atoms. The molecule has 1 amide bonds. The van der Waals surface area contributed by atoms with Crippen LogP contribution in [0.4, 0.5) is 24.5 Å². The van der Waals surface area contributed by atoms with Crippen molar-refractivity contribution in [1.29, 1.82) is 0 Å². The monoisotopic (exact) mass is 320 g/mol. The lowest BCUT2D eigenvalue weighted by Gasteiger charge is -2.32. The maximum absolute atomic E-state index is 13.0. The number of carbonyl (C=O) groups is 1. The second-order valence-corrected chi connectivity index (χ2v) is 5.67. The van der Waals surface area contributed by atoms with Crippen molar-refractivity contribution in [2.75, 3.05) is 11.1 Å². The third kappa shape index (κ3) is 3.81. The van der Waals surface area contributed by atoms with Crippen molar-refractivity contribution < 1.29 is 18.0 Å². The van der Waals surface area contributed by atoms with Crippen LogP contribution < -0.4 is 11.1 Å². The zero-order valence-electron chi connectivity index (χ0n) is 11.2. The molecule has 1 fully saturated rings. The zero-order valence-corrected chi connectivity index (χ0v) is 12.0. The molecule has 0 spiro atoms. The van der Waals surface area contributed by atoms with E-state index >= 15 is 0 Å². The van der Waals surface area contributed by atoms with Gasteiger partial charge in [0.25, 0.3) is 0 Å². The summed E-state index contributed by atoms with van der Waals surface area (Å²) < 4.78 is 39.0. The first-order chi connectivity index (χ1) is 9.79. The number of halogens is 4. The lowest BCUT2D eigenvalue weighted by atomic mass is 9.78. The SMILES string of the molecule is Nc1ccc(Cl)c(NC(=O)C2CCCCC2C(F)(F)F)c1. The van der Waals surface area contributed by atoms with Gasteiger partial charge in [-0.25, -0.2) is 0 Å². The fraction of sp³-hybridized carbons (Fsp3) is 0.500. The lowest BCUT2D eigenvalue weighted by Crippen LogP contribution is -2.39. The second kappa shape index (κ2) is 6.13. The van der Waals surface area contributed by atoms with E-state index in [0.717, 1.165) is 0 Å². The van der Waals surface area contributed by atoms with Crippen LogP contribution in [0.15, 0.2) is 18.2 Å². The van der Waals surface area contributed by atoms with Gasteiger partial charge >= 0.3 is 6.18 Å². The average Bonchev–Trinajstić information content (AvgIpc) is 2.42. The molecular formula is C14H16ClF3N2O. The Morgan fingerprint density at radius 3 is 2.62 bits per heavy atom. The Morgan fingerprint density at radius 2 is 1.95 bits per heavy atom. The number of carbonyl (C=O) groups excluding carboxylic acids is 1. The molecular weight excluding hydrogens is 305 g/mol. The first-order valence-electron chi connectivity index (χ1n) is 6.71.